The van der Waals surface area contributed by atoms with Crippen molar-refractivity contribution in [2.45, 2.75) is 24.6 Å². The number of rotatable bonds is 1. The maximum absolute atomic E-state index is 12.4. The number of hydrogen-bond acceptors (Lipinski definition) is 0. The minimum absolute atomic E-state index is 0.274. The minimum atomic E-state index is -3.34. The molecule has 9 heavy (non-hydrogen) atoms. The zero-order chi connectivity index (χ0) is 7.12. The molecule has 0 amide bonds. The number of alkyl halides is 3. The van der Waals surface area contributed by atoms with Crippen molar-refractivity contribution in [1.29, 1.82) is 0 Å². The van der Waals surface area contributed by atoms with E-state index in [1.807, 2.05) is 0 Å². The summed E-state index contributed by atoms with van der Waals surface area (Å²) in [6.07, 6.45) is -0.733. The number of halogens is 4. The van der Waals surface area contributed by atoms with Crippen molar-refractivity contribution in [1.82, 2.24) is 4.84 Å². The highest BCUT2D eigenvalue weighted by molar-refractivity contribution is 6.13. The summed E-state index contributed by atoms with van der Waals surface area (Å²) >= 11 is 4.60. The molecular formula is C4H4ClF3N. The van der Waals surface area contributed by atoms with Crippen molar-refractivity contribution in [3.8, 4) is 0 Å². The fraction of sp³-hybridized carbons (Fsp3) is 1.00. The molecule has 0 aliphatic heterocycles. The van der Waals surface area contributed by atoms with Gasteiger partial charge in [-0.05, 0) is 11.8 Å². The first-order valence-corrected chi connectivity index (χ1v) is 2.75. The Labute approximate surface area is 55.3 Å². The lowest BCUT2D eigenvalue weighted by molar-refractivity contribution is -0.217. The van der Waals surface area contributed by atoms with Crippen molar-refractivity contribution in [3.05, 3.63) is 0 Å². The van der Waals surface area contributed by atoms with Crippen LogP contribution < -0.4 is 4.84 Å². The lowest BCUT2D eigenvalue weighted by atomic mass is 9.86. The monoisotopic (exact) mass is 158 g/mol. The largest absolute Gasteiger partial charge is 0.297 e. The molecule has 1 fully saturated rings. The highest BCUT2D eigenvalue weighted by Crippen LogP contribution is 2.48. The third-order valence-corrected chi connectivity index (χ3v) is 1.73. The zero-order valence-corrected chi connectivity index (χ0v) is 5.13. The molecule has 0 saturated heterocycles. The molecule has 1 nitrogen and oxygen atoms in total. The van der Waals surface area contributed by atoms with E-state index in [1.165, 1.54) is 0 Å². The second kappa shape index (κ2) is 1.76. The van der Waals surface area contributed by atoms with Crippen molar-refractivity contribution in [2.75, 3.05) is 0 Å². The summed E-state index contributed by atoms with van der Waals surface area (Å²) in [5.74, 6) is -6.12. The van der Waals surface area contributed by atoms with Gasteiger partial charge in [0.15, 0.2) is 0 Å². The van der Waals surface area contributed by atoms with Crippen LogP contribution in [0.15, 0.2) is 0 Å². The van der Waals surface area contributed by atoms with E-state index in [4.69, 9.17) is 0 Å². The van der Waals surface area contributed by atoms with E-state index in [2.05, 4.69) is 16.6 Å². The van der Waals surface area contributed by atoms with Gasteiger partial charge in [-0.1, -0.05) is 4.84 Å². The van der Waals surface area contributed by atoms with Gasteiger partial charge in [-0.15, -0.1) is 0 Å². The van der Waals surface area contributed by atoms with Gasteiger partial charge in [-0.2, -0.15) is 0 Å². The normalized spacial score (nSPS) is 40.0. The summed E-state index contributed by atoms with van der Waals surface area (Å²) in [7, 11) is 0. The van der Waals surface area contributed by atoms with Gasteiger partial charge in [0.2, 0.25) is 0 Å². The summed E-state index contributed by atoms with van der Waals surface area (Å²) in [4.78, 5) is 2.43. The van der Waals surface area contributed by atoms with E-state index >= 15 is 0 Å². The summed E-state index contributed by atoms with van der Waals surface area (Å²) in [5, 5.41) is 0. The van der Waals surface area contributed by atoms with Gasteiger partial charge >= 0.3 is 0 Å². The molecule has 0 aromatic carbocycles. The predicted molar refractivity (Wildman–Crippen MR) is 26.0 cm³/mol. The van der Waals surface area contributed by atoms with Crippen molar-refractivity contribution >= 4 is 11.8 Å². The van der Waals surface area contributed by atoms with Crippen LogP contribution in [0.4, 0.5) is 13.2 Å². The maximum Gasteiger partial charge on any atom is 0.297 e. The van der Waals surface area contributed by atoms with Crippen LogP contribution in [0.1, 0.15) is 12.8 Å². The smallest absolute Gasteiger partial charge is 0.217 e. The molecule has 0 spiro atoms. The molecule has 1 radical (unpaired) electrons. The number of hydrogen-bond donors (Lipinski definition) is 0. The summed E-state index contributed by atoms with van der Waals surface area (Å²) < 4.78 is 36.4. The van der Waals surface area contributed by atoms with E-state index in [1.54, 1.807) is 0 Å². The maximum atomic E-state index is 12.4. The van der Waals surface area contributed by atoms with Crippen LogP contribution in [0.2, 0.25) is 0 Å². The van der Waals surface area contributed by atoms with Crippen molar-refractivity contribution in [2.24, 2.45) is 0 Å². The van der Waals surface area contributed by atoms with Crippen LogP contribution in [0.3, 0.4) is 0 Å². The average molecular weight is 159 g/mol. The van der Waals surface area contributed by atoms with E-state index in [9.17, 15) is 13.2 Å². The Bertz CT molecular complexity index is 125. The molecule has 5 heteroatoms. The predicted octanol–water partition coefficient (Wildman–Crippen LogP) is 1.84. The zero-order valence-electron chi connectivity index (χ0n) is 4.37. The van der Waals surface area contributed by atoms with E-state index < -0.39 is 18.1 Å². The molecule has 1 unspecified atom stereocenters. The fourth-order valence-corrected chi connectivity index (χ4v) is 0.833. The van der Waals surface area contributed by atoms with Crippen LogP contribution in [-0.4, -0.2) is 11.7 Å². The first-order chi connectivity index (χ1) is 4.02. The lowest BCUT2D eigenvalue weighted by Gasteiger charge is -2.39. The summed E-state index contributed by atoms with van der Waals surface area (Å²) in [5.41, 5.74) is 0. The van der Waals surface area contributed by atoms with Crippen LogP contribution in [0.5, 0.6) is 0 Å². The summed E-state index contributed by atoms with van der Waals surface area (Å²) in [6.45, 7) is 0. The lowest BCUT2D eigenvalue weighted by Crippen LogP contribution is -2.57. The van der Waals surface area contributed by atoms with Crippen LogP contribution in [0.25, 0.3) is 0 Å². The molecule has 1 atom stereocenters. The van der Waals surface area contributed by atoms with Crippen molar-refractivity contribution in [3.63, 3.8) is 0 Å². The fourth-order valence-electron chi connectivity index (χ4n) is 0.624. The Morgan fingerprint density at radius 1 is 1.22 bits per heavy atom. The Balaban J connectivity index is 2.62. The van der Waals surface area contributed by atoms with Crippen LogP contribution >= 0.6 is 11.8 Å². The van der Waals surface area contributed by atoms with Crippen LogP contribution in [-0.2, 0) is 0 Å². The highest BCUT2D eigenvalue weighted by Gasteiger charge is 2.64. The summed E-state index contributed by atoms with van der Waals surface area (Å²) in [6, 6.07) is 0. The van der Waals surface area contributed by atoms with Gasteiger partial charge in [-0.3, -0.25) is 0 Å². The van der Waals surface area contributed by atoms with Crippen LogP contribution in [0, 0.1) is 0 Å². The third-order valence-electron chi connectivity index (χ3n) is 1.46. The van der Waals surface area contributed by atoms with Gasteiger partial charge in [0.25, 0.3) is 11.7 Å². The molecule has 0 aromatic rings. The molecular weight excluding hydrogens is 154 g/mol. The topological polar surface area (TPSA) is 14.1 Å². The van der Waals surface area contributed by atoms with E-state index in [0.29, 0.717) is 0 Å². The first-order valence-electron chi connectivity index (χ1n) is 2.42. The van der Waals surface area contributed by atoms with Gasteiger partial charge < -0.3 is 0 Å². The van der Waals surface area contributed by atoms with Gasteiger partial charge in [0.05, 0.1) is 0 Å². The minimum Gasteiger partial charge on any atom is -0.217 e. The highest BCUT2D eigenvalue weighted by atomic mass is 35.5. The van der Waals surface area contributed by atoms with E-state index in [0.717, 1.165) is 0 Å². The second-order valence-corrected chi connectivity index (χ2v) is 2.22. The molecule has 53 valence electrons. The van der Waals surface area contributed by atoms with Gasteiger partial charge in [0.1, 0.15) is 0 Å². The Morgan fingerprint density at radius 2 is 1.78 bits per heavy atom. The molecule has 1 aliphatic carbocycles. The Kier molecular flexibility index (Phi) is 1.40. The molecule has 1 rings (SSSR count). The van der Waals surface area contributed by atoms with Crippen molar-refractivity contribution < 1.29 is 13.2 Å². The molecule has 0 bridgehead atoms. The SMILES string of the molecule is FC1(F)CCC1(F)[N]Cl. The van der Waals surface area contributed by atoms with Gasteiger partial charge in [-0.25, -0.2) is 13.2 Å². The molecule has 0 aromatic heterocycles. The molecule has 1 saturated carbocycles. The average Bonchev–Trinajstić information content (AvgIpc) is 1.84. The Hall–Kier alpha value is 0.0400. The van der Waals surface area contributed by atoms with E-state index in [-0.39, 0.29) is 6.42 Å². The number of nitrogens with zero attached hydrogens (tertiary/aromatic N) is 1. The first kappa shape index (κ1) is 7.15. The standard InChI is InChI=1S/C4H4ClF3N/c5-9-4(8)2-1-3(4,6)7/h1-2H2. The molecule has 0 heterocycles. The Morgan fingerprint density at radius 3 is 1.78 bits per heavy atom. The molecule has 1 aliphatic rings. The van der Waals surface area contributed by atoms with Gasteiger partial charge in [0, 0.05) is 12.8 Å². The third kappa shape index (κ3) is 0.809. The second-order valence-electron chi connectivity index (χ2n) is 2.05. The quantitative estimate of drug-likeness (QED) is 0.517. The molecule has 0 N–H and O–H groups in total.